The van der Waals surface area contributed by atoms with Crippen molar-refractivity contribution in [2.45, 2.75) is 24.2 Å². The average Bonchev–Trinajstić information content (AvgIpc) is 2.70. The summed E-state index contributed by atoms with van der Waals surface area (Å²) in [6.07, 6.45) is 5.51. The summed E-state index contributed by atoms with van der Waals surface area (Å²) in [6, 6.07) is 9.14. The molecule has 6 heteroatoms. The maximum atomic E-state index is 12.9. The highest BCUT2D eigenvalue weighted by molar-refractivity contribution is 7.93. The first-order valence-corrected chi connectivity index (χ1v) is 8.35. The third-order valence-electron chi connectivity index (χ3n) is 3.70. The van der Waals surface area contributed by atoms with Crippen molar-refractivity contribution in [1.29, 1.82) is 0 Å². The Balaban J connectivity index is 2.13. The molecule has 0 fully saturated rings. The van der Waals surface area contributed by atoms with Crippen LogP contribution in [0.1, 0.15) is 18.4 Å². The fourth-order valence-corrected chi connectivity index (χ4v) is 4.24. The van der Waals surface area contributed by atoms with Crippen molar-refractivity contribution in [3.05, 3.63) is 48.3 Å². The van der Waals surface area contributed by atoms with Gasteiger partial charge in [-0.3, -0.25) is 9.29 Å². The van der Waals surface area contributed by atoms with Crippen molar-refractivity contribution in [1.82, 2.24) is 4.98 Å². The van der Waals surface area contributed by atoms with Gasteiger partial charge >= 0.3 is 0 Å². The fraction of sp³-hybridized carbons (Fsp3) is 0.267. The standard InChI is InChI=1S/C15H17N3O2S/c16-13-8-9-17-11-15(13)21(19,20)18-10-4-3-6-12-5-1-2-7-14(12)18/h1-2,5,7-9,11H,3-4,6,10H2,(H2,16,17). The quantitative estimate of drug-likeness (QED) is 0.922. The van der Waals surface area contributed by atoms with Gasteiger partial charge in [0.1, 0.15) is 4.90 Å². The first-order valence-electron chi connectivity index (χ1n) is 6.91. The highest BCUT2D eigenvalue weighted by atomic mass is 32.2. The number of nitrogens with zero attached hydrogens (tertiary/aromatic N) is 2. The van der Waals surface area contributed by atoms with Gasteiger partial charge in [-0.15, -0.1) is 0 Å². The molecule has 0 spiro atoms. The van der Waals surface area contributed by atoms with Gasteiger partial charge in [0.15, 0.2) is 0 Å². The van der Waals surface area contributed by atoms with Crippen LogP contribution in [-0.4, -0.2) is 19.9 Å². The normalized spacial score (nSPS) is 15.3. The van der Waals surface area contributed by atoms with Gasteiger partial charge in [0.2, 0.25) is 0 Å². The number of sulfonamides is 1. The highest BCUT2D eigenvalue weighted by Crippen LogP contribution is 2.32. The van der Waals surface area contributed by atoms with Gasteiger partial charge in [-0.25, -0.2) is 8.42 Å². The number of hydrogen-bond acceptors (Lipinski definition) is 4. The Labute approximate surface area is 124 Å². The van der Waals surface area contributed by atoms with Crippen molar-refractivity contribution in [2.24, 2.45) is 0 Å². The molecule has 2 N–H and O–H groups in total. The Morgan fingerprint density at radius 3 is 2.76 bits per heavy atom. The van der Waals surface area contributed by atoms with Gasteiger partial charge in [-0.1, -0.05) is 18.2 Å². The van der Waals surface area contributed by atoms with E-state index in [-0.39, 0.29) is 10.6 Å². The molecule has 0 saturated carbocycles. The first-order chi connectivity index (χ1) is 10.1. The van der Waals surface area contributed by atoms with Crippen LogP contribution in [0.4, 0.5) is 11.4 Å². The molecule has 0 saturated heterocycles. The zero-order valence-corrected chi connectivity index (χ0v) is 12.4. The van der Waals surface area contributed by atoms with Gasteiger partial charge in [0.05, 0.1) is 11.4 Å². The summed E-state index contributed by atoms with van der Waals surface area (Å²) in [5.74, 6) is 0. The van der Waals surface area contributed by atoms with E-state index in [0.29, 0.717) is 6.54 Å². The smallest absolute Gasteiger partial charge is 0.267 e. The molecule has 0 atom stereocenters. The molecule has 0 aliphatic carbocycles. The second kappa shape index (κ2) is 5.37. The van der Waals surface area contributed by atoms with E-state index in [4.69, 9.17) is 5.73 Å². The molecule has 2 heterocycles. The van der Waals surface area contributed by atoms with E-state index in [2.05, 4.69) is 4.98 Å². The minimum atomic E-state index is -3.68. The van der Waals surface area contributed by atoms with Gasteiger partial charge in [0, 0.05) is 18.9 Å². The number of nitrogen functional groups attached to an aromatic ring is 1. The molecule has 1 aromatic carbocycles. The van der Waals surface area contributed by atoms with Crippen LogP contribution in [-0.2, 0) is 16.4 Å². The number of pyridine rings is 1. The molecule has 0 unspecified atom stereocenters. The number of benzene rings is 1. The first kappa shape index (κ1) is 13.9. The Kier molecular flexibility index (Phi) is 3.55. The molecular formula is C15H17N3O2S. The van der Waals surface area contributed by atoms with Gasteiger partial charge in [-0.2, -0.15) is 0 Å². The summed E-state index contributed by atoms with van der Waals surface area (Å²) < 4.78 is 27.3. The molecule has 110 valence electrons. The van der Waals surface area contributed by atoms with Crippen LogP contribution < -0.4 is 10.0 Å². The maximum Gasteiger partial charge on any atom is 0.267 e. The lowest BCUT2D eigenvalue weighted by Gasteiger charge is -2.24. The predicted molar refractivity (Wildman–Crippen MR) is 82.6 cm³/mol. The van der Waals surface area contributed by atoms with Crippen molar-refractivity contribution >= 4 is 21.4 Å². The molecule has 1 aliphatic rings. The van der Waals surface area contributed by atoms with E-state index >= 15 is 0 Å². The van der Waals surface area contributed by atoms with Crippen LogP contribution in [0, 0.1) is 0 Å². The Morgan fingerprint density at radius 1 is 1.14 bits per heavy atom. The molecule has 5 nitrogen and oxygen atoms in total. The lowest BCUT2D eigenvalue weighted by Crippen LogP contribution is -2.32. The summed E-state index contributed by atoms with van der Waals surface area (Å²) in [6.45, 7) is 0.466. The molecular weight excluding hydrogens is 286 g/mol. The van der Waals surface area contributed by atoms with E-state index in [0.717, 1.165) is 30.5 Å². The zero-order chi connectivity index (χ0) is 14.9. The predicted octanol–water partition coefficient (Wildman–Crippen LogP) is 2.20. The van der Waals surface area contributed by atoms with E-state index in [9.17, 15) is 8.42 Å². The molecule has 3 rings (SSSR count). The number of para-hydroxylation sites is 1. The van der Waals surface area contributed by atoms with E-state index in [1.807, 2.05) is 24.3 Å². The molecule has 0 radical (unpaired) electrons. The summed E-state index contributed by atoms with van der Waals surface area (Å²) in [5.41, 5.74) is 7.86. The minimum Gasteiger partial charge on any atom is -0.398 e. The molecule has 21 heavy (non-hydrogen) atoms. The van der Waals surface area contributed by atoms with Crippen molar-refractivity contribution in [3.63, 3.8) is 0 Å². The van der Waals surface area contributed by atoms with Gasteiger partial charge in [-0.05, 0) is 37.0 Å². The number of hydrogen-bond donors (Lipinski definition) is 1. The van der Waals surface area contributed by atoms with Crippen molar-refractivity contribution < 1.29 is 8.42 Å². The van der Waals surface area contributed by atoms with Crippen LogP contribution >= 0.6 is 0 Å². The Hall–Kier alpha value is -2.08. The SMILES string of the molecule is Nc1ccncc1S(=O)(=O)N1CCCCc2ccccc21. The topological polar surface area (TPSA) is 76.3 Å². The number of aryl methyl sites for hydroxylation is 1. The maximum absolute atomic E-state index is 12.9. The second-order valence-corrected chi connectivity index (χ2v) is 6.91. The molecule has 1 aromatic heterocycles. The number of rotatable bonds is 2. The summed E-state index contributed by atoms with van der Waals surface area (Å²) in [7, 11) is -3.68. The second-order valence-electron chi connectivity index (χ2n) is 5.08. The third kappa shape index (κ3) is 2.47. The lowest BCUT2D eigenvalue weighted by atomic mass is 10.1. The monoisotopic (exact) mass is 303 g/mol. The number of fused-ring (bicyclic) bond motifs is 1. The third-order valence-corrected chi connectivity index (χ3v) is 5.56. The van der Waals surface area contributed by atoms with E-state index in [1.54, 1.807) is 0 Å². The Morgan fingerprint density at radius 2 is 1.95 bits per heavy atom. The van der Waals surface area contributed by atoms with Crippen molar-refractivity contribution in [3.8, 4) is 0 Å². The molecule has 0 bridgehead atoms. The van der Waals surface area contributed by atoms with Crippen LogP contribution in [0.25, 0.3) is 0 Å². The largest absolute Gasteiger partial charge is 0.398 e. The lowest BCUT2D eigenvalue weighted by molar-refractivity contribution is 0.589. The van der Waals surface area contributed by atoms with Gasteiger partial charge in [0.25, 0.3) is 10.0 Å². The van der Waals surface area contributed by atoms with E-state index in [1.165, 1.54) is 22.8 Å². The zero-order valence-electron chi connectivity index (χ0n) is 11.6. The average molecular weight is 303 g/mol. The van der Waals surface area contributed by atoms with E-state index < -0.39 is 10.0 Å². The number of aromatic nitrogens is 1. The van der Waals surface area contributed by atoms with Crippen molar-refractivity contribution in [2.75, 3.05) is 16.6 Å². The van der Waals surface area contributed by atoms with Gasteiger partial charge < -0.3 is 5.73 Å². The van der Waals surface area contributed by atoms with Crippen LogP contribution in [0.2, 0.25) is 0 Å². The van der Waals surface area contributed by atoms with Crippen LogP contribution in [0.5, 0.6) is 0 Å². The summed E-state index contributed by atoms with van der Waals surface area (Å²) in [4.78, 5) is 3.97. The molecule has 2 aromatic rings. The number of anilines is 2. The van der Waals surface area contributed by atoms with Crippen LogP contribution in [0.3, 0.4) is 0 Å². The number of nitrogens with two attached hydrogens (primary N) is 1. The minimum absolute atomic E-state index is 0.0710. The summed E-state index contributed by atoms with van der Waals surface area (Å²) >= 11 is 0. The highest BCUT2D eigenvalue weighted by Gasteiger charge is 2.29. The summed E-state index contributed by atoms with van der Waals surface area (Å²) in [5, 5.41) is 0. The Bertz CT molecular complexity index is 759. The molecule has 0 amide bonds. The van der Waals surface area contributed by atoms with Crippen LogP contribution in [0.15, 0.2) is 47.6 Å². The molecule has 1 aliphatic heterocycles. The fourth-order valence-electron chi connectivity index (χ4n) is 2.63.